The van der Waals surface area contributed by atoms with Crippen molar-refractivity contribution in [2.24, 2.45) is 5.14 Å². The minimum atomic E-state index is -3.85. The molecule has 2 aromatic carbocycles. The van der Waals surface area contributed by atoms with Crippen LogP contribution >= 0.6 is 0 Å². The number of para-hydroxylation sites is 1. The molecule has 0 saturated heterocycles. The van der Waals surface area contributed by atoms with Gasteiger partial charge in [0.15, 0.2) is 12.4 Å². The number of benzene rings is 2. The number of nitrogens with two attached hydrogens (primary N) is 1. The van der Waals surface area contributed by atoms with Crippen LogP contribution in [-0.2, 0) is 14.8 Å². The van der Waals surface area contributed by atoms with Crippen molar-refractivity contribution in [2.45, 2.75) is 11.8 Å². The van der Waals surface area contributed by atoms with E-state index >= 15 is 0 Å². The molecule has 0 aliphatic heterocycles. The fourth-order valence-corrected chi connectivity index (χ4v) is 2.53. The van der Waals surface area contributed by atoms with E-state index in [1.54, 1.807) is 24.3 Å². The number of sulfonamides is 1. The lowest BCUT2D eigenvalue weighted by Crippen LogP contribution is -2.21. The monoisotopic (exact) mass is 348 g/mol. The van der Waals surface area contributed by atoms with Gasteiger partial charge in [0, 0.05) is 5.69 Å². The van der Waals surface area contributed by atoms with Gasteiger partial charge in [0.1, 0.15) is 5.75 Å². The lowest BCUT2D eigenvalue weighted by molar-refractivity contribution is -0.118. The van der Waals surface area contributed by atoms with Crippen LogP contribution in [0.3, 0.4) is 0 Å². The smallest absolute Gasteiger partial charge is 0.262 e. The van der Waals surface area contributed by atoms with Crippen LogP contribution in [0, 0.1) is 0 Å². The highest BCUT2D eigenvalue weighted by atomic mass is 32.2. The summed E-state index contributed by atoms with van der Waals surface area (Å²) >= 11 is 0. The largest absolute Gasteiger partial charge is 0.483 e. The van der Waals surface area contributed by atoms with Gasteiger partial charge in [-0.1, -0.05) is 18.2 Å². The van der Waals surface area contributed by atoms with E-state index < -0.39 is 15.9 Å². The zero-order chi connectivity index (χ0) is 17.7. The SMILES string of the molecule is CC(=O)c1ccccc1OCC(=O)Nc1cccc(S(N)(=O)=O)c1. The van der Waals surface area contributed by atoms with Gasteiger partial charge in [-0.2, -0.15) is 0 Å². The highest BCUT2D eigenvalue weighted by Crippen LogP contribution is 2.18. The number of Topliss-reactive ketones (excluding diaryl/α,β-unsaturated/α-hetero) is 1. The number of carbonyl (C=O) groups excluding carboxylic acids is 2. The van der Waals surface area contributed by atoms with Gasteiger partial charge in [0.2, 0.25) is 10.0 Å². The lowest BCUT2D eigenvalue weighted by Gasteiger charge is -2.10. The quantitative estimate of drug-likeness (QED) is 0.769. The molecule has 2 rings (SSSR count). The molecule has 0 radical (unpaired) electrons. The summed E-state index contributed by atoms with van der Waals surface area (Å²) in [6, 6.07) is 12.1. The molecule has 0 aromatic heterocycles. The molecule has 0 aliphatic rings. The molecule has 3 N–H and O–H groups in total. The first-order valence-corrected chi connectivity index (χ1v) is 8.47. The van der Waals surface area contributed by atoms with Crippen LogP contribution in [0.2, 0.25) is 0 Å². The van der Waals surface area contributed by atoms with Crippen LogP contribution in [0.4, 0.5) is 5.69 Å². The normalized spacial score (nSPS) is 10.9. The lowest BCUT2D eigenvalue weighted by atomic mass is 10.1. The molecule has 0 atom stereocenters. The van der Waals surface area contributed by atoms with E-state index in [0.29, 0.717) is 11.3 Å². The van der Waals surface area contributed by atoms with E-state index in [2.05, 4.69) is 5.32 Å². The molecule has 0 unspecified atom stereocenters. The molecule has 126 valence electrons. The summed E-state index contributed by atoms with van der Waals surface area (Å²) in [4.78, 5) is 23.3. The number of hydrogen-bond donors (Lipinski definition) is 2. The maximum absolute atomic E-state index is 11.9. The maximum atomic E-state index is 11.9. The molecule has 2 aromatic rings. The molecule has 0 aliphatic carbocycles. The minimum absolute atomic E-state index is 0.108. The van der Waals surface area contributed by atoms with Crippen LogP contribution in [0.25, 0.3) is 0 Å². The number of hydrogen-bond acceptors (Lipinski definition) is 5. The van der Waals surface area contributed by atoms with Crippen LogP contribution in [-0.4, -0.2) is 26.7 Å². The summed E-state index contributed by atoms with van der Waals surface area (Å²) in [7, 11) is -3.85. The molecule has 0 fully saturated rings. The van der Waals surface area contributed by atoms with Gasteiger partial charge in [-0.25, -0.2) is 13.6 Å². The standard InChI is InChI=1S/C16H16N2O5S/c1-11(19)14-7-2-3-8-15(14)23-10-16(20)18-12-5-4-6-13(9-12)24(17,21)22/h2-9H,10H2,1H3,(H,18,20)(H2,17,21,22). The summed E-state index contributed by atoms with van der Waals surface area (Å²) < 4.78 is 27.9. The molecule has 0 heterocycles. The van der Waals surface area contributed by atoms with E-state index in [1.165, 1.54) is 31.2 Å². The number of amides is 1. The number of anilines is 1. The average Bonchev–Trinajstić information content (AvgIpc) is 2.52. The third-order valence-electron chi connectivity index (χ3n) is 3.07. The third kappa shape index (κ3) is 4.64. The summed E-state index contributed by atoms with van der Waals surface area (Å²) in [5.41, 5.74) is 0.650. The first-order valence-electron chi connectivity index (χ1n) is 6.93. The van der Waals surface area contributed by atoms with E-state index in [-0.39, 0.29) is 23.0 Å². The van der Waals surface area contributed by atoms with Crippen LogP contribution in [0.15, 0.2) is 53.4 Å². The van der Waals surface area contributed by atoms with Gasteiger partial charge in [0.05, 0.1) is 10.5 Å². The van der Waals surface area contributed by atoms with Crippen molar-refractivity contribution in [3.63, 3.8) is 0 Å². The third-order valence-corrected chi connectivity index (χ3v) is 3.98. The van der Waals surface area contributed by atoms with Gasteiger partial charge in [-0.15, -0.1) is 0 Å². The van der Waals surface area contributed by atoms with Gasteiger partial charge in [-0.3, -0.25) is 9.59 Å². The Morgan fingerprint density at radius 2 is 1.83 bits per heavy atom. The molecule has 24 heavy (non-hydrogen) atoms. The van der Waals surface area contributed by atoms with Crippen molar-refractivity contribution in [3.05, 3.63) is 54.1 Å². The molecule has 1 amide bonds. The zero-order valence-electron chi connectivity index (χ0n) is 12.9. The molecule has 0 saturated carbocycles. The molecule has 0 spiro atoms. The van der Waals surface area contributed by atoms with Crippen molar-refractivity contribution in [1.82, 2.24) is 0 Å². The first kappa shape index (κ1) is 17.6. The van der Waals surface area contributed by atoms with E-state index in [1.807, 2.05) is 0 Å². The summed E-state index contributed by atoms with van der Waals surface area (Å²) in [6.45, 7) is 1.07. The van der Waals surface area contributed by atoms with E-state index in [4.69, 9.17) is 9.88 Å². The Morgan fingerprint density at radius 1 is 1.12 bits per heavy atom. The molecule has 8 heteroatoms. The molecular formula is C16H16N2O5S. The number of ether oxygens (including phenoxy) is 1. The Labute approximate surface area is 139 Å². The second kappa shape index (κ2) is 7.24. The molecular weight excluding hydrogens is 332 g/mol. The van der Waals surface area contributed by atoms with Crippen LogP contribution in [0.1, 0.15) is 17.3 Å². The maximum Gasteiger partial charge on any atom is 0.262 e. The fraction of sp³-hybridized carbons (Fsp3) is 0.125. The predicted molar refractivity (Wildman–Crippen MR) is 88.4 cm³/mol. The van der Waals surface area contributed by atoms with Crippen LogP contribution < -0.4 is 15.2 Å². The van der Waals surface area contributed by atoms with Gasteiger partial charge >= 0.3 is 0 Å². The number of rotatable bonds is 6. The Balaban J connectivity index is 2.04. The van der Waals surface area contributed by atoms with Crippen molar-refractivity contribution < 1.29 is 22.7 Å². The van der Waals surface area contributed by atoms with E-state index in [0.717, 1.165) is 0 Å². The predicted octanol–water partition coefficient (Wildman–Crippen LogP) is 1.55. The highest BCUT2D eigenvalue weighted by molar-refractivity contribution is 7.89. The number of ketones is 1. The Morgan fingerprint density at radius 3 is 2.50 bits per heavy atom. The Kier molecular flexibility index (Phi) is 5.32. The van der Waals surface area contributed by atoms with Crippen molar-refractivity contribution in [3.8, 4) is 5.75 Å². The van der Waals surface area contributed by atoms with Crippen molar-refractivity contribution in [2.75, 3.05) is 11.9 Å². The first-order chi connectivity index (χ1) is 11.3. The average molecular weight is 348 g/mol. The second-order valence-corrected chi connectivity index (χ2v) is 6.52. The minimum Gasteiger partial charge on any atom is -0.483 e. The second-order valence-electron chi connectivity index (χ2n) is 4.96. The van der Waals surface area contributed by atoms with E-state index in [9.17, 15) is 18.0 Å². The topological polar surface area (TPSA) is 116 Å². The molecule has 0 bridgehead atoms. The number of primary sulfonamides is 1. The van der Waals surface area contributed by atoms with Gasteiger partial charge in [0.25, 0.3) is 5.91 Å². The van der Waals surface area contributed by atoms with Crippen molar-refractivity contribution >= 4 is 27.4 Å². The molecule has 7 nitrogen and oxygen atoms in total. The summed E-state index contributed by atoms with van der Waals surface area (Å²) in [5, 5.41) is 7.54. The van der Waals surface area contributed by atoms with Gasteiger partial charge in [-0.05, 0) is 37.3 Å². The highest BCUT2D eigenvalue weighted by Gasteiger charge is 2.12. The fourth-order valence-electron chi connectivity index (χ4n) is 1.97. The van der Waals surface area contributed by atoms with Crippen molar-refractivity contribution in [1.29, 1.82) is 0 Å². The number of nitrogens with one attached hydrogen (secondary N) is 1. The summed E-state index contributed by atoms with van der Waals surface area (Å²) in [5.74, 6) is -0.370. The summed E-state index contributed by atoms with van der Waals surface area (Å²) in [6.07, 6.45) is 0. The van der Waals surface area contributed by atoms with Crippen LogP contribution in [0.5, 0.6) is 5.75 Å². The number of carbonyl (C=O) groups is 2. The Hall–Kier alpha value is -2.71. The van der Waals surface area contributed by atoms with Gasteiger partial charge < -0.3 is 10.1 Å². The zero-order valence-corrected chi connectivity index (χ0v) is 13.7. The Bertz CT molecular complexity index is 878.